The lowest BCUT2D eigenvalue weighted by atomic mass is 10.1. The molecule has 0 fully saturated rings. The molecule has 0 spiro atoms. The second kappa shape index (κ2) is 5.57. The lowest BCUT2D eigenvalue weighted by Gasteiger charge is -2.28. The van der Waals surface area contributed by atoms with Crippen LogP contribution < -0.4 is 0 Å². The van der Waals surface area contributed by atoms with Crippen molar-refractivity contribution >= 4 is 16.7 Å². The summed E-state index contributed by atoms with van der Waals surface area (Å²) in [5, 5.41) is 0. The van der Waals surface area contributed by atoms with Crippen molar-refractivity contribution in [2.75, 3.05) is 11.5 Å². The maximum Gasteiger partial charge on any atom is 0.164 e. The van der Waals surface area contributed by atoms with Crippen molar-refractivity contribution in [1.29, 1.82) is 0 Å². The number of ketones is 1. The van der Waals surface area contributed by atoms with Gasteiger partial charge in [0.2, 0.25) is 0 Å². The van der Waals surface area contributed by atoms with Crippen molar-refractivity contribution in [2.24, 2.45) is 0 Å². The molecule has 1 aliphatic heterocycles. The number of fused-ring (bicyclic) bond motifs is 1. The summed E-state index contributed by atoms with van der Waals surface area (Å²) >= 11 is 0. The van der Waals surface area contributed by atoms with E-state index >= 15 is 0 Å². The number of hydrogen-bond acceptors (Lipinski definition) is 2. The summed E-state index contributed by atoms with van der Waals surface area (Å²) in [6.07, 6.45) is 3.57. The van der Waals surface area contributed by atoms with Gasteiger partial charge in [-0.3, -0.25) is 9.78 Å². The van der Waals surface area contributed by atoms with Crippen molar-refractivity contribution < 1.29 is 4.79 Å². The molecule has 1 aromatic heterocycles. The van der Waals surface area contributed by atoms with Crippen LogP contribution in [0.15, 0.2) is 53.6 Å². The zero-order valence-electron chi connectivity index (χ0n) is 10.7. The van der Waals surface area contributed by atoms with Crippen LogP contribution in [0.5, 0.6) is 0 Å². The first-order valence-electron chi connectivity index (χ1n) is 6.62. The number of Topliss-reactive ketones (excluding diaryl/α,β-unsaturated/α-hetero) is 1. The van der Waals surface area contributed by atoms with Crippen LogP contribution in [0.3, 0.4) is 0 Å². The van der Waals surface area contributed by atoms with E-state index in [1.54, 1.807) is 0 Å². The highest BCUT2D eigenvalue weighted by Gasteiger charge is 2.22. The van der Waals surface area contributed by atoms with Gasteiger partial charge in [0.25, 0.3) is 0 Å². The van der Waals surface area contributed by atoms with E-state index in [1.165, 1.54) is 4.90 Å². The number of thiol groups is 1. The Morgan fingerprint density at radius 2 is 1.95 bits per heavy atom. The Bertz CT molecular complexity index is 582. The number of rotatable bonds is 3. The summed E-state index contributed by atoms with van der Waals surface area (Å²) in [5.41, 5.74) is 2.11. The highest BCUT2D eigenvalue weighted by molar-refractivity contribution is 8.17. The van der Waals surface area contributed by atoms with Crippen molar-refractivity contribution in [3.8, 4) is 0 Å². The van der Waals surface area contributed by atoms with Gasteiger partial charge in [-0.1, -0.05) is 24.3 Å². The highest BCUT2D eigenvalue weighted by atomic mass is 32.2. The Balaban J connectivity index is 1.76. The smallest absolute Gasteiger partial charge is 0.164 e. The molecule has 0 N–H and O–H groups in total. The summed E-state index contributed by atoms with van der Waals surface area (Å²) < 4.78 is 0. The van der Waals surface area contributed by atoms with Gasteiger partial charge in [-0.15, -0.1) is 0 Å². The fourth-order valence-electron chi connectivity index (χ4n) is 2.50. The van der Waals surface area contributed by atoms with Gasteiger partial charge in [0.1, 0.15) is 0 Å². The van der Waals surface area contributed by atoms with Gasteiger partial charge in [-0.05, 0) is 41.0 Å². The first kappa shape index (κ1) is 12.4. The van der Waals surface area contributed by atoms with Gasteiger partial charge >= 0.3 is 0 Å². The summed E-state index contributed by atoms with van der Waals surface area (Å²) in [5.74, 6) is 2.49. The predicted octanol–water partition coefficient (Wildman–Crippen LogP) is 3.27. The third kappa shape index (κ3) is 2.71. The minimum absolute atomic E-state index is 0.199. The number of benzene rings is 1. The number of carbonyl (C=O) groups is 1. The Morgan fingerprint density at radius 3 is 2.79 bits per heavy atom. The first-order chi connectivity index (χ1) is 9.34. The Labute approximate surface area is 116 Å². The van der Waals surface area contributed by atoms with E-state index in [1.807, 2.05) is 36.5 Å². The van der Waals surface area contributed by atoms with Crippen LogP contribution >= 0.6 is 10.9 Å². The van der Waals surface area contributed by atoms with E-state index in [4.69, 9.17) is 0 Å². The fraction of sp³-hybridized carbons (Fsp3) is 0.250. The van der Waals surface area contributed by atoms with Crippen LogP contribution in [0, 0.1) is 0 Å². The number of aromatic nitrogens is 1. The summed E-state index contributed by atoms with van der Waals surface area (Å²) in [6.45, 7) is 0. The van der Waals surface area contributed by atoms with Crippen LogP contribution in [0.2, 0.25) is 0 Å². The Kier molecular flexibility index (Phi) is 3.65. The third-order valence-corrected chi connectivity index (χ3v) is 6.12. The molecule has 1 aliphatic rings. The lowest BCUT2D eigenvalue weighted by Crippen LogP contribution is -2.14. The van der Waals surface area contributed by atoms with Gasteiger partial charge in [-0.2, -0.15) is 0 Å². The molecule has 3 heteroatoms. The van der Waals surface area contributed by atoms with Gasteiger partial charge in [0.05, 0.1) is 0 Å². The Morgan fingerprint density at radius 1 is 1.11 bits per heavy atom. The molecule has 3 rings (SSSR count). The molecule has 19 heavy (non-hydrogen) atoms. The van der Waals surface area contributed by atoms with Crippen LogP contribution in [-0.4, -0.2) is 22.3 Å². The van der Waals surface area contributed by atoms with E-state index < -0.39 is 0 Å². The van der Waals surface area contributed by atoms with E-state index in [0.717, 1.165) is 29.2 Å². The minimum atomic E-state index is -0.199. The minimum Gasteiger partial charge on any atom is -0.294 e. The zero-order chi connectivity index (χ0) is 13.1. The first-order valence-corrected chi connectivity index (χ1v) is 8.33. The van der Waals surface area contributed by atoms with E-state index in [2.05, 4.69) is 17.1 Å². The molecular formula is C16H17NOS. The van der Waals surface area contributed by atoms with Gasteiger partial charge < -0.3 is 0 Å². The van der Waals surface area contributed by atoms with Crippen LogP contribution in [0.4, 0.5) is 0 Å². The van der Waals surface area contributed by atoms with E-state index in [0.29, 0.717) is 12.2 Å². The van der Waals surface area contributed by atoms with Gasteiger partial charge in [0.15, 0.2) is 5.78 Å². The molecule has 1 aromatic carbocycles. The molecule has 0 bridgehead atoms. The second-order valence-corrected chi connectivity index (χ2v) is 7.20. The van der Waals surface area contributed by atoms with Crippen LogP contribution in [0.1, 0.15) is 22.5 Å². The number of aryl methyl sites for hydroxylation is 1. The zero-order valence-corrected chi connectivity index (χ0v) is 11.6. The average Bonchev–Trinajstić information content (AvgIpc) is 2.48. The van der Waals surface area contributed by atoms with E-state index in [9.17, 15) is 4.79 Å². The quantitative estimate of drug-likeness (QED) is 0.868. The number of hydrogen-bond donors (Lipinski definition) is 1. The molecule has 0 saturated carbocycles. The topological polar surface area (TPSA) is 30.0 Å². The van der Waals surface area contributed by atoms with Crippen molar-refractivity contribution in [3.63, 3.8) is 0 Å². The molecular weight excluding hydrogens is 254 g/mol. The lowest BCUT2D eigenvalue weighted by molar-refractivity contribution is 0.0984. The summed E-state index contributed by atoms with van der Waals surface area (Å²) in [4.78, 5) is 17.6. The highest BCUT2D eigenvalue weighted by Crippen LogP contribution is 2.43. The largest absolute Gasteiger partial charge is 0.294 e. The standard InChI is InChI=1S/C16H17NOS/c18-15-9-12-19(16-7-2-1-6-14(15)16)11-8-13-5-3-4-10-17-13/h1-7,10,19H,8-9,11-12H2. The fourth-order valence-corrected chi connectivity index (χ4v) is 5.02. The molecule has 2 nitrogen and oxygen atoms in total. The molecule has 2 aromatic rings. The molecule has 1 unspecified atom stereocenters. The molecule has 0 saturated heterocycles. The average molecular weight is 271 g/mol. The Hall–Kier alpha value is -1.61. The van der Waals surface area contributed by atoms with Crippen LogP contribution in [-0.2, 0) is 6.42 Å². The molecule has 2 heterocycles. The number of nitrogens with zero attached hydrogens (tertiary/aromatic N) is 1. The molecule has 0 aliphatic carbocycles. The predicted molar refractivity (Wildman–Crippen MR) is 80.3 cm³/mol. The molecule has 0 amide bonds. The number of pyridine rings is 1. The summed E-state index contributed by atoms with van der Waals surface area (Å²) in [7, 11) is -0.199. The van der Waals surface area contributed by atoms with Crippen LogP contribution in [0.25, 0.3) is 0 Å². The SMILES string of the molecule is O=C1CC[SH](CCc2ccccn2)c2ccccc21. The maximum atomic E-state index is 11.9. The third-order valence-electron chi connectivity index (χ3n) is 3.52. The number of carbonyl (C=O) groups excluding carboxylic acids is 1. The van der Waals surface area contributed by atoms with Crippen molar-refractivity contribution in [3.05, 3.63) is 59.9 Å². The maximum absolute atomic E-state index is 11.9. The summed E-state index contributed by atoms with van der Waals surface area (Å²) in [6, 6.07) is 14.2. The normalized spacial score (nSPS) is 20.0. The van der Waals surface area contributed by atoms with Gasteiger partial charge in [-0.25, -0.2) is 10.9 Å². The van der Waals surface area contributed by atoms with Gasteiger partial charge in [0, 0.05) is 23.9 Å². The van der Waals surface area contributed by atoms with Crippen molar-refractivity contribution in [1.82, 2.24) is 4.98 Å². The molecule has 1 atom stereocenters. The second-order valence-electron chi connectivity index (χ2n) is 4.75. The monoisotopic (exact) mass is 271 g/mol. The molecule has 98 valence electrons. The molecule has 0 radical (unpaired) electrons. The van der Waals surface area contributed by atoms with E-state index in [-0.39, 0.29) is 10.9 Å². The van der Waals surface area contributed by atoms with Crippen molar-refractivity contribution in [2.45, 2.75) is 17.7 Å².